The predicted octanol–water partition coefficient (Wildman–Crippen LogP) is 3.47. The monoisotopic (exact) mass is 401 g/mol. The fourth-order valence-electron chi connectivity index (χ4n) is 3.23. The summed E-state index contributed by atoms with van der Waals surface area (Å²) in [6.45, 7) is 8.71. The Morgan fingerprint density at radius 1 is 1.46 bits per heavy atom. The van der Waals surface area contributed by atoms with Crippen LogP contribution in [0.2, 0.25) is 0 Å². The number of hydrogen-bond acceptors (Lipinski definition) is 6. The molecule has 0 saturated heterocycles. The fraction of sp³-hybridized carbons (Fsp3) is 0.474. The number of thiophene rings is 1. The number of hydrogen-bond donors (Lipinski definition) is 1. The van der Waals surface area contributed by atoms with Crippen LogP contribution in [0.4, 0.5) is 9.80 Å². The van der Waals surface area contributed by atoms with Gasteiger partial charge in [-0.3, -0.25) is 9.48 Å². The quantitative estimate of drug-likeness (QED) is 0.845. The molecule has 2 aromatic heterocycles. The van der Waals surface area contributed by atoms with Crippen molar-refractivity contribution >= 4 is 28.3 Å². The molecule has 0 spiro atoms. The number of carbonyl (C=O) groups excluding carboxylic acids is 2. The van der Waals surface area contributed by atoms with Gasteiger partial charge in [0.1, 0.15) is 16.8 Å². The largest absolute Gasteiger partial charge is 0.450 e. The van der Waals surface area contributed by atoms with Crippen LogP contribution in [0, 0.1) is 18.3 Å². The number of aromatic nitrogens is 2. The summed E-state index contributed by atoms with van der Waals surface area (Å²) in [6.07, 6.45) is 0.203. The molecule has 2 amide bonds. The number of fused-ring (bicyclic) bond motifs is 1. The summed E-state index contributed by atoms with van der Waals surface area (Å²) < 4.78 is 6.74. The summed E-state index contributed by atoms with van der Waals surface area (Å²) in [6, 6.07) is 3.99. The van der Waals surface area contributed by atoms with E-state index in [1.807, 2.05) is 20.8 Å². The SMILES string of the molecule is CCOC(=O)N1CCc2c(sc(NC(=O)c3cc(C)nn3C(C)C)c2C#N)C1. The molecule has 1 aliphatic heterocycles. The van der Waals surface area contributed by atoms with Gasteiger partial charge in [0, 0.05) is 17.5 Å². The molecule has 0 unspecified atom stereocenters. The molecule has 0 fully saturated rings. The number of rotatable bonds is 4. The molecule has 0 bridgehead atoms. The number of ether oxygens (including phenoxy) is 1. The van der Waals surface area contributed by atoms with Crippen molar-refractivity contribution in [2.75, 3.05) is 18.5 Å². The lowest BCUT2D eigenvalue weighted by Crippen LogP contribution is -2.35. The van der Waals surface area contributed by atoms with Crippen molar-refractivity contribution in [3.8, 4) is 6.07 Å². The van der Waals surface area contributed by atoms with Crippen LogP contribution >= 0.6 is 11.3 Å². The van der Waals surface area contributed by atoms with E-state index >= 15 is 0 Å². The van der Waals surface area contributed by atoms with Crippen LogP contribution in [0.25, 0.3) is 0 Å². The van der Waals surface area contributed by atoms with Gasteiger partial charge >= 0.3 is 6.09 Å². The summed E-state index contributed by atoms with van der Waals surface area (Å²) >= 11 is 1.34. The second-order valence-corrected chi connectivity index (χ2v) is 7.96. The van der Waals surface area contributed by atoms with Crippen molar-refractivity contribution in [1.29, 1.82) is 5.26 Å². The second-order valence-electron chi connectivity index (χ2n) is 6.85. The number of aryl methyl sites for hydroxylation is 1. The molecular weight excluding hydrogens is 378 g/mol. The normalized spacial score (nSPS) is 13.2. The summed E-state index contributed by atoms with van der Waals surface area (Å²) in [7, 11) is 0. The lowest BCUT2D eigenvalue weighted by molar-refractivity contribution is 0.101. The zero-order valence-corrected chi connectivity index (χ0v) is 17.2. The van der Waals surface area contributed by atoms with Crippen molar-refractivity contribution in [2.24, 2.45) is 0 Å². The maximum Gasteiger partial charge on any atom is 0.410 e. The van der Waals surface area contributed by atoms with E-state index in [4.69, 9.17) is 4.74 Å². The molecule has 1 N–H and O–H groups in total. The Labute approximate surface area is 167 Å². The average Bonchev–Trinajstić information content (AvgIpc) is 3.21. The molecule has 9 heteroatoms. The van der Waals surface area contributed by atoms with Gasteiger partial charge in [0.05, 0.1) is 24.4 Å². The summed E-state index contributed by atoms with van der Waals surface area (Å²) in [5, 5.41) is 17.4. The number of carbonyl (C=O) groups is 2. The first kappa shape index (κ1) is 19.9. The van der Waals surface area contributed by atoms with Crippen molar-refractivity contribution in [2.45, 2.75) is 46.7 Å². The van der Waals surface area contributed by atoms with E-state index < -0.39 is 0 Å². The first-order chi connectivity index (χ1) is 13.3. The number of nitriles is 1. The highest BCUT2D eigenvalue weighted by atomic mass is 32.1. The van der Waals surface area contributed by atoms with E-state index in [9.17, 15) is 14.9 Å². The molecule has 2 aromatic rings. The number of nitrogens with one attached hydrogen (secondary N) is 1. The van der Waals surface area contributed by atoms with Crippen molar-refractivity contribution in [1.82, 2.24) is 14.7 Å². The van der Waals surface area contributed by atoms with Gasteiger partial charge < -0.3 is 15.0 Å². The minimum Gasteiger partial charge on any atom is -0.450 e. The Balaban J connectivity index is 1.86. The standard InChI is InChI=1S/C19H23N5O3S/c1-5-27-19(26)23-7-6-13-14(9-20)18(28-16(13)10-23)21-17(25)15-8-12(4)22-24(15)11(2)3/h8,11H,5-7,10H2,1-4H3,(H,21,25). The molecule has 0 atom stereocenters. The van der Waals surface area contributed by atoms with Gasteiger partial charge in [0.25, 0.3) is 5.91 Å². The molecule has 3 heterocycles. The zero-order valence-electron chi connectivity index (χ0n) is 16.4. The molecular formula is C19H23N5O3S. The van der Waals surface area contributed by atoms with Crippen LogP contribution in [-0.4, -0.2) is 39.8 Å². The van der Waals surface area contributed by atoms with Gasteiger partial charge in [-0.1, -0.05) is 0 Å². The third kappa shape index (κ3) is 3.73. The second kappa shape index (κ2) is 8.02. The van der Waals surface area contributed by atoms with Gasteiger partial charge in [-0.2, -0.15) is 10.4 Å². The minimum absolute atomic E-state index is 0.0413. The predicted molar refractivity (Wildman–Crippen MR) is 105 cm³/mol. The van der Waals surface area contributed by atoms with Crippen LogP contribution in [0.5, 0.6) is 0 Å². The van der Waals surface area contributed by atoms with Gasteiger partial charge in [-0.15, -0.1) is 11.3 Å². The first-order valence-electron chi connectivity index (χ1n) is 9.19. The Morgan fingerprint density at radius 2 is 2.21 bits per heavy atom. The summed E-state index contributed by atoms with van der Waals surface area (Å²) in [5.41, 5.74) is 2.59. The molecule has 0 saturated carbocycles. The first-order valence-corrected chi connectivity index (χ1v) is 10.0. The van der Waals surface area contributed by atoms with Crippen molar-refractivity contribution < 1.29 is 14.3 Å². The highest BCUT2D eigenvalue weighted by Gasteiger charge is 2.28. The highest BCUT2D eigenvalue weighted by Crippen LogP contribution is 2.37. The van der Waals surface area contributed by atoms with Gasteiger partial charge in [-0.05, 0) is 45.7 Å². The van der Waals surface area contributed by atoms with Gasteiger partial charge in [-0.25, -0.2) is 4.79 Å². The Bertz CT molecular complexity index is 954. The maximum absolute atomic E-state index is 12.8. The molecule has 8 nitrogen and oxygen atoms in total. The number of anilines is 1. The van der Waals surface area contributed by atoms with E-state index in [1.165, 1.54) is 11.3 Å². The van der Waals surface area contributed by atoms with E-state index in [1.54, 1.807) is 22.6 Å². The molecule has 0 aromatic carbocycles. The van der Waals surface area contributed by atoms with Gasteiger partial charge in [0.15, 0.2) is 0 Å². The smallest absolute Gasteiger partial charge is 0.410 e. The van der Waals surface area contributed by atoms with Crippen LogP contribution in [0.15, 0.2) is 6.07 Å². The third-order valence-electron chi connectivity index (χ3n) is 4.50. The molecule has 0 aliphatic carbocycles. The van der Waals surface area contributed by atoms with E-state index in [0.717, 1.165) is 16.1 Å². The molecule has 1 aliphatic rings. The van der Waals surface area contributed by atoms with E-state index in [-0.39, 0.29) is 18.0 Å². The molecule has 148 valence electrons. The molecule has 28 heavy (non-hydrogen) atoms. The Hall–Kier alpha value is -2.86. The topological polar surface area (TPSA) is 100 Å². The van der Waals surface area contributed by atoms with E-state index in [2.05, 4.69) is 16.5 Å². The number of amides is 2. The maximum atomic E-state index is 12.8. The minimum atomic E-state index is -0.359. The fourth-order valence-corrected chi connectivity index (χ4v) is 4.44. The third-order valence-corrected chi connectivity index (χ3v) is 5.63. The molecule has 0 radical (unpaired) electrons. The van der Waals surface area contributed by atoms with Crippen LogP contribution in [0.1, 0.15) is 59.0 Å². The zero-order chi connectivity index (χ0) is 20.4. The molecule has 3 rings (SSSR count). The van der Waals surface area contributed by atoms with Crippen molar-refractivity contribution in [3.05, 3.63) is 33.5 Å². The Kier molecular flexibility index (Phi) is 5.70. The van der Waals surface area contributed by atoms with Crippen molar-refractivity contribution in [3.63, 3.8) is 0 Å². The Morgan fingerprint density at radius 3 is 2.86 bits per heavy atom. The highest BCUT2D eigenvalue weighted by molar-refractivity contribution is 7.16. The lowest BCUT2D eigenvalue weighted by Gasteiger charge is -2.25. The summed E-state index contributed by atoms with van der Waals surface area (Å²) in [5.74, 6) is -0.299. The number of nitrogens with zero attached hydrogens (tertiary/aromatic N) is 4. The summed E-state index contributed by atoms with van der Waals surface area (Å²) in [4.78, 5) is 27.4. The van der Waals surface area contributed by atoms with Crippen LogP contribution < -0.4 is 5.32 Å². The lowest BCUT2D eigenvalue weighted by atomic mass is 10.0. The van der Waals surface area contributed by atoms with Crippen LogP contribution in [-0.2, 0) is 17.7 Å². The average molecular weight is 401 g/mol. The van der Waals surface area contributed by atoms with Crippen LogP contribution in [0.3, 0.4) is 0 Å². The van der Waals surface area contributed by atoms with E-state index in [0.29, 0.717) is 42.4 Å². The van der Waals surface area contributed by atoms with Gasteiger partial charge in [0.2, 0.25) is 0 Å².